The molecular weight excluding hydrogens is 276 g/mol. The summed E-state index contributed by atoms with van der Waals surface area (Å²) in [5.74, 6) is 0.642. The topological polar surface area (TPSA) is 47.3 Å². The summed E-state index contributed by atoms with van der Waals surface area (Å²) in [6.45, 7) is 2.22. The average Bonchev–Trinajstić information content (AvgIpc) is 2.91. The number of aromatic nitrogens is 2. The van der Waals surface area contributed by atoms with Crippen molar-refractivity contribution >= 4 is 0 Å². The Balaban J connectivity index is 1.90. The van der Waals surface area contributed by atoms with Crippen LogP contribution in [0.1, 0.15) is 26.2 Å². The fourth-order valence-electron chi connectivity index (χ4n) is 2.69. The third-order valence-electron chi connectivity index (χ3n) is 3.74. The van der Waals surface area contributed by atoms with Crippen LogP contribution in [0, 0.1) is 0 Å². The summed E-state index contributed by atoms with van der Waals surface area (Å²) in [4.78, 5) is 0. The van der Waals surface area contributed by atoms with Crippen LogP contribution in [-0.2, 0) is 6.54 Å². The van der Waals surface area contributed by atoms with E-state index in [0.717, 1.165) is 30.4 Å². The molecule has 4 nitrogen and oxygen atoms in total. The maximum atomic E-state index is 9.59. The molecule has 0 radical (unpaired) electrons. The van der Waals surface area contributed by atoms with E-state index in [0.29, 0.717) is 12.4 Å². The first kappa shape index (κ1) is 14.9. The number of ether oxygens (including phenoxy) is 1. The maximum absolute atomic E-state index is 9.59. The summed E-state index contributed by atoms with van der Waals surface area (Å²) in [6, 6.07) is 10.1. The van der Waals surface area contributed by atoms with Gasteiger partial charge in [-0.05, 0) is 37.8 Å². The van der Waals surface area contributed by atoms with Crippen LogP contribution in [0.5, 0.6) is 5.88 Å². The normalized spacial score (nSPS) is 19.1. The van der Waals surface area contributed by atoms with E-state index in [9.17, 15) is 5.11 Å². The maximum Gasteiger partial charge on any atom is 0.241 e. The van der Waals surface area contributed by atoms with Gasteiger partial charge in [-0.25, -0.2) is 0 Å². The summed E-state index contributed by atoms with van der Waals surface area (Å²) in [5.41, 5.74) is 2.05. The van der Waals surface area contributed by atoms with Crippen LogP contribution in [0.4, 0.5) is 0 Å². The number of allylic oxidation sites excluding steroid dienone is 1. The van der Waals surface area contributed by atoms with Crippen LogP contribution in [0.25, 0.3) is 11.1 Å². The Morgan fingerprint density at radius 3 is 2.86 bits per heavy atom. The van der Waals surface area contributed by atoms with Crippen molar-refractivity contribution in [1.82, 2.24) is 9.78 Å². The van der Waals surface area contributed by atoms with Gasteiger partial charge in [0.15, 0.2) is 0 Å². The van der Waals surface area contributed by atoms with Gasteiger partial charge in [0.05, 0.1) is 18.2 Å². The first-order valence-electron chi connectivity index (χ1n) is 7.86. The molecule has 2 aromatic rings. The molecule has 1 aromatic heterocycles. The molecular formula is C18H22N2O2. The van der Waals surface area contributed by atoms with Gasteiger partial charge in [-0.3, -0.25) is 4.68 Å². The Bertz CT molecular complexity index is 632. The molecule has 0 saturated heterocycles. The van der Waals surface area contributed by atoms with E-state index in [1.54, 1.807) is 11.6 Å². The minimum Gasteiger partial charge on any atom is -0.469 e. The van der Waals surface area contributed by atoms with Gasteiger partial charge >= 0.3 is 0 Å². The van der Waals surface area contributed by atoms with E-state index in [1.807, 2.05) is 36.5 Å². The van der Waals surface area contributed by atoms with E-state index in [4.69, 9.17) is 4.74 Å². The fraction of sp³-hybridized carbons (Fsp3) is 0.389. The van der Waals surface area contributed by atoms with Crippen molar-refractivity contribution in [3.8, 4) is 17.0 Å². The highest BCUT2D eigenvalue weighted by molar-refractivity contribution is 5.67. The Morgan fingerprint density at radius 1 is 1.36 bits per heavy atom. The smallest absolute Gasteiger partial charge is 0.241 e. The van der Waals surface area contributed by atoms with Crippen molar-refractivity contribution in [2.24, 2.45) is 0 Å². The van der Waals surface area contributed by atoms with Crippen LogP contribution < -0.4 is 4.74 Å². The molecule has 2 atom stereocenters. The molecule has 0 spiro atoms. The summed E-state index contributed by atoms with van der Waals surface area (Å²) >= 11 is 0. The number of aliphatic hydroxyl groups is 1. The average molecular weight is 298 g/mol. The van der Waals surface area contributed by atoms with Crippen LogP contribution in [0.2, 0.25) is 0 Å². The summed E-state index contributed by atoms with van der Waals surface area (Å²) in [6.07, 6.45) is 9.18. The number of rotatable bonds is 5. The van der Waals surface area contributed by atoms with Crippen LogP contribution in [0.3, 0.4) is 0 Å². The zero-order chi connectivity index (χ0) is 15.4. The standard InChI is InChI=1S/C18H22N2O2/c1-14(21)12-20-13-17(15-8-4-2-5-9-15)18(19-20)22-16-10-6-3-7-11-16/h2,4-6,8-10,13-14,16,21H,3,7,11-12H2,1H3. The molecule has 2 unspecified atom stereocenters. The number of hydrogen-bond acceptors (Lipinski definition) is 3. The van der Waals surface area contributed by atoms with Crippen molar-refractivity contribution in [3.63, 3.8) is 0 Å². The van der Waals surface area contributed by atoms with E-state index < -0.39 is 6.10 Å². The molecule has 0 fully saturated rings. The minimum absolute atomic E-state index is 0.0890. The molecule has 0 aliphatic heterocycles. The van der Waals surface area contributed by atoms with Gasteiger partial charge in [-0.15, -0.1) is 5.10 Å². The number of hydrogen-bond donors (Lipinski definition) is 1. The van der Waals surface area contributed by atoms with Gasteiger partial charge in [0, 0.05) is 6.20 Å². The van der Waals surface area contributed by atoms with Crippen molar-refractivity contribution < 1.29 is 9.84 Å². The van der Waals surface area contributed by atoms with Crippen LogP contribution in [0.15, 0.2) is 48.7 Å². The molecule has 1 N–H and O–H groups in total. The molecule has 3 rings (SSSR count). The second-order valence-corrected chi connectivity index (χ2v) is 5.80. The van der Waals surface area contributed by atoms with Gasteiger partial charge < -0.3 is 9.84 Å². The van der Waals surface area contributed by atoms with Crippen molar-refractivity contribution in [2.45, 2.75) is 44.9 Å². The van der Waals surface area contributed by atoms with Crippen molar-refractivity contribution in [1.29, 1.82) is 0 Å². The zero-order valence-electron chi connectivity index (χ0n) is 12.9. The fourth-order valence-corrected chi connectivity index (χ4v) is 2.69. The van der Waals surface area contributed by atoms with Gasteiger partial charge in [-0.2, -0.15) is 0 Å². The Hall–Kier alpha value is -2.07. The summed E-state index contributed by atoms with van der Waals surface area (Å²) < 4.78 is 7.86. The lowest BCUT2D eigenvalue weighted by Crippen LogP contribution is -2.17. The Kier molecular flexibility index (Phi) is 4.59. The monoisotopic (exact) mass is 298 g/mol. The van der Waals surface area contributed by atoms with Gasteiger partial charge in [0.25, 0.3) is 0 Å². The third kappa shape index (κ3) is 3.57. The highest BCUT2D eigenvalue weighted by Crippen LogP contribution is 2.30. The van der Waals surface area contributed by atoms with Crippen molar-refractivity contribution in [3.05, 3.63) is 48.7 Å². The first-order valence-corrected chi connectivity index (χ1v) is 7.86. The molecule has 0 bridgehead atoms. The Labute approximate surface area is 131 Å². The first-order chi connectivity index (χ1) is 10.7. The molecule has 1 aromatic carbocycles. The quantitative estimate of drug-likeness (QED) is 0.860. The third-order valence-corrected chi connectivity index (χ3v) is 3.74. The lowest BCUT2D eigenvalue weighted by molar-refractivity contribution is 0.165. The molecule has 0 saturated carbocycles. The summed E-state index contributed by atoms with van der Waals surface area (Å²) in [7, 11) is 0. The number of aliphatic hydroxyl groups excluding tert-OH is 1. The lowest BCUT2D eigenvalue weighted by Gasteiger charge is -2.17. The lowest BCUT2D eigenvalue weighted by atomic mass is 10.1. The molecule has 4 heteroatoms. The van der Waals surface area contributed by atoms with Gasteiger partial charge in [0.2, 0.25) is 5.88 Å². The van der Waals surface area contributed by atoms with Crippen molar-refractivity contribution in [2.75, 3.05) is 0 Å². The molecule has 1 aliphatic carbocycles. The highest BCUT2D eigenvalue weighted by atomic mass is 16.5. The number of nitrogens with zero attached hydrogens (tertiary/aromatic N) is 2. The van der Waals surface area contributed by atoms with Gasteiger partial charge in [-0.1, -0.05) is 36.4 Å². The summed E-state index contributed by atoms with van der Waals surface area (Å²) in [5, 5.41) is 14.1. The predicted molar refractivity (Wildman–Crippen MR) is 86.8 cm³/mol. The zero-order valence-corrected chi connectivity index (χ0v) is 12.9. The van der Waals surface area contributed by atoms with E-state index >= 15 is 0 Å². The SMILES string of the molecule is CC(O)Cn1cc(-c2ccccc2)c(OC2C=CCCC2)n1. The molecule has 22 heavy (non-hydrogen) atoms. The second-order valence-electron chi connectivity index (χ2n) is 5.80. The van der Waals surface area contributed by atoms with E-state index in [2.05, 4.69) is 17.3 Å². The molecule has 1 heterocycles. The highest BCUT2D eigenvalue weighted by Gasteiger charge is 2.17. The van der Waals surface area contributed by atoms with E-state index in [-0.39, 0.29) is 6.10 Å². The largest absolute Gasteiger partial charge is 0.469 e. The van der Waals surface area contributed by atoms with Gasteiger partial charge in [0.1, 0.15) is 6.10 Å². The van der Waals surface area contributed by atoms with Crippen LogP contribution >= 0.6 is 0 Å². The number of benzene rings is 1. The van der Waals surface area contributed by atoms with E-state index in [1.165, 1.54) is 0 Å². The predicted octanol–water partition coefficient (Wildman–Crippen LogP) is 3.42. The molecule has 116 valence electrons. The van der Waals surface area contributed by atoms with Crippen LogP contribution in [-0.4, -0.2) is 27.1 Å². The Morgan fingerprint density at radius 2 is 2.18 bits per heavy atom. The minimum atomic E-state index is -0.439. The second kappa shape index (κ2) is 6.79. The molecule has 0 amide bonds. The molecule has 1 aliphatic rings.